The smallest absolute Gasteiger partial charge is 0.357 e. The highest BCUT2D eigenvalue weighted by Gasteiger charge is 2.14. The van der Waals surface area contributed by atoms with Crippen LogP contribution in [0.2, 0.25) is 0 Å². The van der Waals surface area contributed by atoms with Crippen molar-refractivity contribution in [2.24, 2.45) is 0 Å². The Morgan fingerprint density at radius 2 is 2.39 bits per heavy atom. The van der Waals surface area contributed by atoms with Crippen LogP contribution in [-0.2, 0) is 4.74 Å². The topological polar surface area (TPSA) is 64.1 Å². The summed E-state index contributed by atoms with van der Waals surface area (Å²) in [6.45, 7) is 4.13. The van der Waals surface area contributed by atoms with E-state index in [-0.39, 0.29) is 12.0 Å². The first-order valence-electron chi connectivity index (χ1n) is 5.49. The van der Waals surface area contributed by atoms with Gasteiger partial charge in [0.15, 0.2) is 10.8 Å². The van der Waals surface area contributed by atoms with Gasteiger partial charge in [-0.05, 0) is 13.8 Å². The summed E-state index contributed by atoms with van der Waals surface area (Å²) in [5.41, 5.74) is 0.343. The highest BCUT2D eigenvalue weighted by Crippen LogP contribution is 2.23. The molecule has 2 rings (SSSR count). The standard InChI is InChI=1S/C11H13N3O2S2/c1-3-16-10(15)8-6-18-11(14-8)13-7(2)9-12-4-5-17-9/h4-7H,3H2,1-2H3,(H,13,14). The van der Waals surface area contributed by atoms with Crippen LogP contribution in [0, 0.1) is 0 Å². The highest BCUT2D eigenvalue weighted by molar-refractivity contribution is 7.14. The number of anilines is 1. The van der Waals surface area contributed by atoms with E-state index in [1.807, 2.05) is 12.3 Å². The molecule has 1 atom stereocenters. The van der Waals surface area contributed by atoms with Crippen molar-refractivity contribution in [2.45, 2.75) is 19.9 Å². The molecule has 0 saturated carbocycles. The molecular weight excluding hydrogens is 270 g/mol. The molecule has 0 aromatic carbocycles. The number of carbonyl (C=O) groups excluding carboxylic acids is 1. The molecule has 0 radical (unpaired) electrons. The Bertz CT molecular complexity index is 510. The van der Waals surface area contributed by atoms with Crippen LogP contribution in [0.4, 0.5) is 5.13 Å². The van der Waals surface area contributed by atoms with Crippen LogP contribution < -0.4 is 5.32 Å². The molecule has 0 fully saturated rings. The molecule has 0 saturated heterocycles. The lowest BCUT2D eigenvalue weighted by Crippen LogP contribution is -2.08. The fourth-order valence-electron chi connectivity index (χ4n) is 1.33. The zero-order chi connectivity index (χ0) is 13.0. The number of nitrogens with zero attached hydrogens (tertiary/aromatic N) is 2. The van der Waals surface area contributed by atoms with Gasteiger partial charge in [-0.25, -0.2) is 14.8 Å². The first-order chi connectivity index (χ1) is 8.70. The van der Waals surface area contributed by atoms with E-state index in [0.29, 0.717) is 17.4 Å². The summed E-state index contributed by atoms with van der Waals surface area (Å²) in [6.07, 6.45) is 1.77. The third-order valence-corrected chi connectivity index (χ3v) is 3.88. The van der Waals surface area contributed by atoms with Crippen molar-refractivity contribution in [3.8, 4) is 0 Å². The van der Waals surface area contributed by atoms with Crippen molar-refractivity contribution < 1.29 is 9.53 Å². The average Bonchev–Trinajstić information content (AvgIpc) is 2.99. The van der Waals surface area contributed by atoms with Crippen molar-refractivity contribution in [1.29, 1.82) is 0 Å². The lowest BCUT2D eigenvalue weighted by molar-refractivity contribution is 0.0520. The Kier molecular flexibility index (Phi) is 4.27. The monoisotopic (exact) mass is 283 g/mol. The predicted molar refractivity (Wildman–Crippen MR) is 72.2 cm³/mol. The summed E-state index contributed by atoms with van der Waals surface area (Å²) < 4.78 is 4.89. The van der Waals surface area contributed by atoms with Crippen LogP contribution in [0.5, 0.6) is 0 Å². The molecule has 0 spiro atoms. The number of esters is 1. The SMILES string of the molecule is CCOC(=O)c1csc(NC(C)c2nccs2)n1. The largest absolute Gasteiger partial charge is 0.461 e. The van der Waals surface area contributed by atoms with Crippen molar-refractivity contribution >= 4 is 33.8 Å². The van der Waals surface area contributed by atoms with Crippen molar-refractivity contribution in [2.75, 3.05) is 11.9 Å². The van der Waals surface area contributed by atoms with E-state index < -0.39 is 0 Å². The maximum absolute atomic E-state index is 11.5. The zero-order valence-corrected chi connectivity index (χ0v) is 11.7. The minimum Gasteiger partial charge on any atom is -0.461 e. The fraction of sp³-hybridized carbons (Fsp3) is 0.364. The summed E-state index contributed by atoms with van der Waals surface area (Å²) >= 11 is 2.97. The maximum atomic E-state index is 11.5. The molecule has 2 aromatic heterocycles. The normalized spacial score (nSPS) is 12.1. The Labute approximate surface area is 113 Å². The molecule has 2 aromatic rings. The van der Waals surface area contributed by atoms with Crippen molar-refractivity contribution in [3.05, 3.63) is 27.7 Å². The summed E-state index contributed by atoms with van der Waals surface area (Å²) in [5.74, 6) is -0.385. The summed E-state index contributed by atoms with van der Waals surface area (Å²) in [7, 11) is 0. The molecule has 1 unspecified atom stereocenters. The predicted octanol–water partition coefficient (Wildman–Crippen LogP) is 2.95. The Morgan fingerprint density at radius 3 is 3.06 bits per heavy atom. The number of carbonyl (C=O) groups is 1. The molecule has 0 bridgehead atoms. The Morgan fingerprint density at radius 1 is 1.56 bits per heavy atom. The summed E-state index contributed by atoms with van der Waals surface area (Å²) in [6, 6.07) is 0.0752. The molecule has 0 amide bonds. The van der Waals surface area contributed by atoms with Gasteiger partial charge >= 0.3 is 5.97 Å². The van der Waals surface area contributed by atoms with Gasteiger partial charge in [0.05, 0.1) is 12.6 Å². The van der Waals surface area contributed by atoms with Crippen LogP contribution in [-0.4, -0.2) is 22.5 Å². The van der Waals surface area contributed by atoms with E-state index in [0.717, 1.165) is 5.01 Å². The molecule has 1 N–H and O–H groups in total. The molecule has 7 heteroatoms. The van der Waals surface area contributed by atoms with Gasteiger partial charge in [-0.15, -0.1) is 22.7 Å². The first-order valence-corrected chi connectivity index (χ1v) is 7.25. The molecule has 0 aliphatic heterocycles. The molecule has 18 heavy (non-hydrogen) atoms. The number of thiazole rings is 2. The van der Waals surface area contributed by atoms with Gasteiger partial charge in [-0.3, -0.25) is 0 Å². The van der Waals surface area contributed by atoms with Gasteiger partial charge < -0.3 is 10.1 Å². The molecule has 96 valence electrons. The van der Waals surface area contributed by atoms with Crippen LogP contribution in [0.15, 0.2) is 17.0 Å². The number of nitrogens with one attached hydrogen (secondary N) is 1. The van der Waals surface area contributed by atoms with E-state index >= 15 is 0 Å². The number of ether oxygens (including phenoxy) is 1. The highest BCUT2D eigenvalue weighted by atomic mass is 32.1. The van der Waals surface area contributed by atoms with E-state index in [2.05, 4.69) is 15.3 Å². The van der Waals surface area contributed by atoms with Crippen molar-refractivity contribution in [1.82, 2.24) is 9.97 Å². The van der Waals surface area contributed by atoms with E-state index in [1.165, 1.54) is 11.3 Å². The fourth-order valence-corrected chi connectivity index (χ4v) is 2.75. The van der Waals surface area contributed by atoms with Crippen LogP contribution in [0.25, 0.3) is 0 Å². The minimum absolute atomic E-state index is 0.0752. The van der Waals surface area contributed by atoms with E-state index in [9.17, 15) is 4.79 Å². The molecular formula is C11H13N3O2S2. The van der Waals surface area contributed by atoms with Crippen molar-refractivity contribution in [3.63, 3.8) is 0 Å². The van der Waals surface area contributed by atoms with E-state index in [1.54, 1.807) is 29.8 Å². The zero-order valence-electron chi connectivity index (χ0n) is 10.0. The lowest BCUT2D eigenvalue weighted by Gasteiger charge is -2.08. The first kappa shape index (κ1) is 13.0. The second-order valence-corrected chi connectivity index (χ2v) is 5.28. The summed E-state index contributed by atoms with van der Waals surface area (Å²) in [5, 5.41) is 8.51. The van der Waals surface area contributed by atoms with Gasteiger partial charge in [-0.2, -0.15) is 0 Å². The summed E-state index contributed by atoms with van der Waals surface area (Å²) in [4.78, 5) is 19.9. The van der Waals surface area contributed by atoms with Gasteiger partial charge in [-0.1, -0.05) is 0 Å². The number of hydrogen-bond acceptors (Lipinski definition) is 7. The van der Waals surface area contributed by atoms with Crippen LogP contribution in [0.1, 0.15) is 35.4 Å². The molecule has 5 nitrogen and oxygen atoms in total. The molecule has 2 heterocycles. The number of rotatable bonds is 5. The number of aromatic nitrogens is 2. The maximum Gasteiger partial charge on any atom is 0.357 e. The van der Waals surface area contributed by atoms with Crippen LogP contribution >= 0.6 is 22.7 Å². The average molecular weight is 283 g/mol. The van der Waals surface area contributed by atoms with Gasteiger partial charge in [0.25, 0.3) is 0 Å². The molecule has 0 aliphatic rings. The second-order valence-electron chi connectivity index (χ2n) is 3.49. The quantitative estimate of drug-likeness (QED) is 0.855. The Balaban J connectivity index is 2.00. The van der Waals surface area contributed by atoms with Gasteiger partial charge in [0.2, 0.25) is 0 Å². The lowest BCUT2D eigenvalue weighted by atomic mass is 10.4. The Hall–Kier alpha value is -1.47. The van der Waals surface area contributed by atoms with Crippen LogP contribution in [0.3, 0.4) is 0 Å². The van der Waals surface area contributed by atoms with Gasteiger partial charge in [0, 0.05) is 17.0 Å². The van der Waals surface area contributed by atoms with E-state index in [4.69, 9.17) is 4.74 Å². The minimum atomic E-state index is -0.385. The second kappa shape index (κ2) is 5.92. The number of hydrogen-bond donors (Lipinski definition) is 1. The van der Waals surface area contributed by atoms with Gasteiger partial charge in [0.1, 0.15) is 5.01 Å². The molecule has 0 aliphatic carbocycles. The third-order valence-electron chi connectivity index (χ3n) is 2.15. The third kappa shape index (κ3) is 3.05.